The highest BCUT2D eigenvalue weighted by Gasteiger charge is 2.19. The number of piperidine rings is 1. The van der Waals surface area contributed by atoms with Crippen molar-refractivity contribution in [2.75, 3.05) is 19.7 Å². The zero-order chi connectivity index (χ0) is 16.0. The first-order valence-electron chi connectivity index (χ1n) is 7.25. The van der Waals surface area contributed by atoms with Crippen molar-refractivity contribution in [3.63, 3.8) is 0 Å². The van der Waals surface area contributed by atoms with Gasteiger partial charge in [0.05, 0.1) is 5.82 Å². The van der Waals surface area contributed by atoms with Gasteiger partial charge in [-0.25, -0.2) is 4.79 Å². The zero-order valence-corrected chi connectivity index (χ0v) is 13.1. The van der Waals surface area contributed by atoms with Crippen LogP contribution in [0.25, 0.3) is 0 Å². The van der Waals surface area contributed by atoms with Crippen molar-refractivity contribution in [2.45, 2.75) is 39.2 Å². The number of esters is 1. The van der Waals surface area contributed by atoms with Gasteiger partial charge in [-0.1, -0.05) is 0 Å². The number of likely N-dealkylation sites (tertiary alicyclic amines) is 1. The van der Waals surface area contributed by atoms with Crippen molar-refractivity contribution >= 4 is 5.97 Å². The quantitative estimate of drug-likeness (QED) is 0.400. The van der Waals surface area contributed by atoms with E-state index in [-0.39, 0.29) is 12.3 Å². The van der Waals surface area contributed by atoms with Crippen LogP contribution >= 0.6 is 0 Å². The highest BCUT2D eigenvalue weighted by Crippen LogP contribution is 2.18. The van der Waals surface area contributed by atoms with E-state index in [1.807, 2.05) is 4.90 Å². The Morgan fingerprint density at radius 3 is 2.33 bits per heavy atom. The van der Waals surface area contributed by atoms with Gasteiger partial charge in [0.1, 0.15) is 11.3 Å². The maximum absolute atomic E-state index is 11.7. The van der Waals surface area contributed by atoms with E-state index in [1.54, 1.807) is 26.8 Å². The maximum Gasteiger partial charge on any atom is 0.354 e. The first-order chi connectivity index (χ1) is 9.73. The van der Waals surface area contributed by atoms with Crippen molar-refractivity contribution in [1.29, 1.82) is 0 Å². The molecule has 6 nitrogen and oxygen atoms in total. The molecule has 0 aromatic heterocycles. The third-order valence-electron chi connectivity index (χ3n) is 3.31. The summed E-state index contributed by atoms with van der Waals surface area (Å²) in [5, 5.41) is 9.10. The predicted octanol–water partition coefficient (Wildman–Crippen LogP) is 0.675. The minimum absolute atomic E-state index is 0.0260. The molecule has 0 spiro atoms. The summed E-state index contributed by atoms with van der Waals surface area (Å²) >= 11 is 0. The molecule has 0 aliphatic carbocycles. The van der Waals surface area contributed by atoms with Crippen molar-refractivity contribution < 1.29 is 14.6 Å². The van der Waals surface area contributed by atoms with Crippen LogP contribution in [-0.2, 0) is 9.53 Å². The van der Waals surface area contributed by atoms with E-state index in [4.69, 9.17) is 21.3 Å². The molecule has 1 fully saturated rings. The number of hydrogen-bond acceptors (Lipinski definition) is 6. The van der Waals surface area contributed by atoms with Gasteiger partial charge in [-0.3, -0.25) is 0 Å². The smallest absolute Gasteiger partial charge is 0.354 e. The molecule has 0 aromatic carbocycles. The average Bonchev–Trinajstić information content (AvgIpc) is 2.42. The van der Waals surface area contributed by atoms with Crippen LogP contribution < -0.4 is 11.5 Å². The van der Waals surface area contributed by atoms with Gasteiger partial charge in [0, 0.05) is 19.7 Å². The molecule has 5 N–H and O–H groups in total. The fraction of sp³-hybridized carbons (Fsp3) is 0.667. The topological polar surface area (TPSA) is 102 Å². The van der Waals surface area contributed by atoms with Gasteiger partial charge in [0.25, 0.3) is 0 Å². The molecule has 1 aliphatic rings. The Hall–Kier alpha value is -1.69. The van der Waals surface area contributed by atoms with E-state index in [9.17, 15) is 4.79 Å². The Morgan fingerprint density at radius 1 is 1.29 bits per heavy atom. The second-order valence-corrected chi connectivity index (χ2v) is 6.33. The highest BCUT2D eigenvalue weighted by atomic mass is 16.6. The standard InChI is InChI=1S/C15H27N3O3/c1-15(2,3)21-14(20)12(16)4-5-13(17)18-8-6-11(10-19)7-9-18/h4-5,11,19H,6-10,16-17H2,1-3H3/b12-4-,13-5+. The molecule has 1 aliphatic heterocycles. The summed E-state index contributed by atoms with van der Waals surface area (Å²) in [6.07, 6.45) is 4.92. The molecular formula is C15H27N3O3. The summed E-state index contributed by atoms with van der Waals surface area (Å²) in [5.74, 6) is 0.375. The van der Waals surface area contributed by atoms with E-state index < -0.39 is 11.6 Å². The Balaban J connectivity index is 2.58. The number of carbonyl (C=O) groups excluding carboxylic acids is 1. The summed E-state index contributed by atoms with van der Waals surface area (Å²) in [6, 6.07) is 0. The molecule has 1 heterocycles. The van der Waals surface area contributed by atoms with Crippen molar-refractivity contribution in [2.24, 2.45) is 17.4 Å². The van der Waals surface area contributed by atoms with E-state index >= 15 is 0 Å². The number of nitrogens with two attached hydrogens (primary N) is 2. The van der Waals surface area contributed by atoms with Gasteiger partial charge < -0.3 is 26.2 Å². The van der Waals surface area contributed by atoms with Crippen LogP contribution in [0.2, 0.25) is 0 Å². The van der Waals surface area contributed by atoms with Gasteiger partial charge in [-0.2, -0.15) is 0 Å². The largest absolute Gasteiger partial charge is 0.455 e. The SMILES string of the molecule is CC(C)(C)OC(=O)/C(N)=C/C=C(\N)N1CCC(CO)CC1. The molecule has 0 unspecified atom stereocenters. The fourth-order valence-corrected chi connectivity index (χ4v) is 2.06. The van der Waals surface area contributed by atoms with Crippen LogP contribution in [-0.4, -0.2) is 41.3 Å². The van der Waals surface area contributed by atoms with Gasteiger partial charge in [-0.05, 0) is 51.7 Å². The number of allylic oxidation sites excluding steroid dienone is 2. The molecule has 0 bridgehead atoms. The van der Waals surface area contributed by atoms with Crippen LogP contribution in [0.1, 0.15) is 33.6 Å². The van der Waals surface area contributed by atoms with Gasteiger partial charge in [-0.15, -0.1) is 0 Å². The molecule has 0 amide bonds. The van der Waals surface area contributed by atoms with Crippen LogP contribution in [0, 0.1) is 5.92 Å². The minimum Gasteiger partial charge on any atom is -0.455 e. The second kappa shape index (κ2) is 7.36. The van der Waals surface area contributed by atoms with E-state index in [0.29, 0.717) is 11.7 Å². The molecular weight excluding hydrogens is 270 g/mol. The van der Waals surface area contributed by atoms with Crippen molar-refractivity contribution in [3.05, 3.63) is 23.7 Å². The molecule has 0 saturated carbocycles. The van der Waals surface area contributed by atoms with Gasteiger partial charge >= 0.3 is 5.97 Å². The summed E-state index contributed by atoms with van der Waals surface area (Å²) in [6.45, 7) is 7.18. The molecule has 6 heteroatoms. The Labute approximate surface area is 126 Å². The predicted molar refractivity (Wildman–Crippen MR) is 81.8 cm³/mol. The zero-order valence-electron chi connectivity index (χ0n) is 13.1. The first kappa shape index (κ1) is 17.4. The molecule has 0 aromatic rings. The Bertz CT molecular complexity index is 416. The Morgan fingerprint density at radius 2 is 1.86 bits per heavy atom. The monoisotopic (exact) mass is 297 g/mol. The minimum atomic E-state index is -0.572. The molecule has 0 radical (unpaired) electrons. The van der Waals surface area contributed by atoms with Crippen LogP contribution in [0.15, 0.2) is 23.7 Å². The molecule has 0 atom stereocenters. The summed E-state index contributed by atoms with van der Waals surface area (Å²) in [5.41, 5.74) is 11.1. The Kier molecular flexibility index (Phi) is 6.08. The second-order valence-electron chi connectivity index (χ2n) is 6.33. The number of nitrogens with zero attached hydrogens (tertiary/aromatic N) is 1. The number of rotatable bonds is 4. The van der Waals surface area contributed by atoms with Crippen LogP contribution in [0.3, 0.4) is 0 Å². The lowest BCUT2D eigenvalue weighted by Crippen LogP contribution is -2.36. The van der Waals surface area contributed by atoms with E-state index in [2.05, 4.69) is 0 Å². The lowest BCUT2D eigenvalue weighted by Gasteiger charge is -2.32. The lowest BCUT2D eigenvalue weighted by molar-refractivity contribution is -0.149. The molecule has 1 rings (SSSR count). The number of aliphatic hydroxyl groups is 1. The number of ether oxygens (including phenoxy) is 1. The molecule has 21 heavy (non-hydrogen) atoms. The van der Waals surface area contributed by atoms with E-state index in [0.717, 1.165) is 25.9 Å². The van der Waals surface area contributed by atoms with Crippen LogP contribution in [0.5, 0.6) is 0 Å². The number of hydrogen-bond donors (Lipinski definition) is 3. The highest BCUT2D eigenvalue weighted by molar-refractivity contribution is 5.88. The van der Waals surface area contributed by atoms with Crippen molar-refractivity contribution in [3.8, 4) is 0 Å². The number of carbonyl (C=O) groups is 1. The van der Waals surface area contributed by atoms with Crippen LogP contribution in [0.4, 0.5) is 0 Å². The average molecular weight is 297 g/mol. The first-order valence-corrected chi connectivity index (χ1v) is 7.25. The molecule has 1 saturated heterocycles. The van der Waals surface area contributed by atoms with Gasteiger partial charge in [0.15, 0.2) is 0 Å². The summed E-state index contributed by atoms with van der Waals surface area (Å²) in [7, 11) is 0. The normalized spacial score (nSPS) is 18.8. The maximum atomic E-state index is 11.7. The third kappa shape index (κ3) is 6.08. The van der Waals surface area contributed by atoms with Crippen molar-refractivity contribution in [1.82, 2.24) is 4.90 Å². The lowest BCUT2D eigenvalue weighted by atomic mass is 9.98. The van der Waals surface area contributed by atoms with E-state index in [1.165, 1.54) is 6.08 Å². The molecule has 120 valence electrons. The summed E-state index contributed by atoms with van der Waals surface area (Å²) in [4.78, 5) is 13.7. The summed E-state index contributed by atoms with van der Waals surface area (Å²) < 4.78 is 5.16. The third-order valence-corrected chi connectivity index (χ3v) is 3.31. The number of aliphatic hydroxyl groups excluding tert-OH is 1. The fourth-order valence-electron chi connectivity index (χ4n) is 2.06. The van der Waals surface area contributed by atoms with Gasteiger partial charge in [0.2, 0.25) is 0 Å².